The third-order valence-corrected chi connectivity index (χ3v) is 2.58. The first-order valence-corrected chi connectivity index (χ1v) is 5.58. The normalized spacial score (nSPS) is 9.68. The Bertz CT molecular complexity index is 675. The molecule has 0 aliphatic rings. The summed E-state index contributed by atoms with van der Waals surface area (Å²) in [6.45, 7) is 1.64. The quantitative estimate of drug-likeness (QED) is 0.878. The maximum atomic E-state index is 10.9. The summed E-state index contributed by atoms with van der Waals surface area (Å²) >= 11 is 0. The number of aromatic nitrogens is 1. The van der Waals surface area contributed by atoms with Crippen LogP contribution in [0.15, 0.2) is 36.4 Å². The van der Waals surface area contributed by atoms with Gasteiger partial charge in [0.2, 0.25) is 0 Å². The molecule has 2 aromatic rings. The van der Waals surface area contributed by atoms with E-state index in [9.17, 15) is 4.79 Å². The largest absolute Gasteiger partial charge is 0.478 e. The van der Waals surface area contributed by atoms with Crippen molar-refractivity contribution in [2.75, 3.05) is 5.32 Å². The molecule has 0 atom stereocenters. The second-order valence-corrected chi connectivity index (χ2v) is 3.95. The van der Waals surface area contributed by atoms with Gasteiger partial charge in [0.1, 0.15) is 5.82 Å². The van der Waals surface area contributed by atoms with Crippen LogP contribution in [0.1, 0.15) is 21.6 Å². The molecule has 0 unspecified atom stereocenters. The van der Waals surface area contributed by atoms with E-state index in [2.05, 4.69) is 16.4 Å². The van der Waals surface area contributed by atoms with Crippen LogP contribution in [0.4, 0.5) is 11.5 Å². The van der Waals surface area contributed by atoms with Gasteiger partial charge in [-0.25, -0.2) is 9.78 Å². The van der Waals surface area contributed by atoms with Crippen LogP contribution in [0.25, 0.3) is 0 Å². The van der Waals surface area contributed by atoms with Crippen LogP contribution in [0.2, 0.25) is 0 Å². The number of carboxylic acids is 1. The van der Waals surface area contributed by atoms with E-state index in [0.717, 1.165) is 5.69 Å². The first-order valence-electron chi connectivity index (χ1n) is 5.58. The molecule has 0 fully saturated rings. The fraction of sp³-hybridized carbons (Fsp3) is 0.0714. The van der Waals surface area contributed by atoms with Crippen LogP contribution in [0.3, 0.4) is 0 Å². The predicted molar refractivity (Wildman–Crippen MR) is 70.4 cm³/mol. The number of nitriles is 1. The Morgan fingerprint density at radius 1 is 1.37 bits per heavy atom. The van der Waals surface area contributed by atoms with Gasteiger partial charge in [0.15, 0.2) is 0 Å². The molecule has 19 heavy (non-hydrogen) atoms. The summed E-state index contributed by atoms with van der Waals surface area (Å²) in [6.07, 6.45) is 0. The number of rotatable bonds is 3. The number of nitrogens with one attached hydrogen (secondary N) is 1. The minimum atomic E-state index is -0.997. The minimum Gasteiger partial charge on any atom is -0.478 e. The van der Waals surface area contributed by atoms with Crippen molar-refractivity contribution in [2.45, 2.75) is 6.92 Å². The van der Waals surface area contributed by atoms with E-state index in [1.54, 1.807) is 31.2 Å². The van der Waals surface area contributed by atoms with Crippen LogP contribution in [0, 0.1) is 18.3 Å². The Labute approximate surface area is 110 Å². The van der Waals surface area contributed by atoms with E-state index in [4.69, 9.17) is 10.4 Å². The smallest absolute Gasteiger partial charge is 0.337 e. The fourth-order valence-electron chi connectivity index (χ4n) is 1.67. The van der Waals surface area contributed by atoms with Crippen LogP contribution in [-0.2, 0) is 0 Å². The molecule has 0 saturated heterocycles. The maximum Gasteiger partial charge on any atom is 0.337 e. The van der Waals surface area contributed by atoms with Crippen LogP contribution < -0.4 is 5.32 Å². The molecule has 1 aromatic heterocycles. The van der Waals surface area contributed by atoms with Crippen molar-refractivity contribution in [2.24, 2.45) is 0 Å². The van der Waals surface area contributed by atoms with Gasteiger partial charge in [-0.15, -0.1) is 0 Å². The summed E-state index contributed by atoms with van der Waals surface area (Å²) in [6, 6.07) is 12.1. The van der Waals surface area contributed by atoms with E-state index in [1.165, 1.54) is 6.07 Å². The highest BCUT2D eigenvalue weighted by molar-refractivity contribution is 5.89. The molecular weight excluding hydrogens is 242 g/mol. The Hall–Kier alpha value is -2.87. The Balaban J connectivity index is 2.26. The molecule has 1 aromatic carbocycles. The molecule has 0 saturated carbocycles. The molecule has 2 N–H and O–H groups in total. The summed E-state index contributed by atoms with van der Waals surface area (Å²) in [5.74, 6) is -0.458. The van der Waals surface area contributed by atoms with Crippen molar-refractivity contribution in [1.82, 2.24) is 4.98 Å². The predicted octanol–water partition coefficient (Wildman–Crippen LogP) is 2.70. The number of anilines is 2. The highest BCUT2D eigenvalue weighted by Gasteiger charge is 2.08. The summed E-state index contributed by atoms with van der Waals surface area (Å²) in [7, 11) is 0. The first-order chi connectivity index (χ1) is 9.10. The zero-order valence-corrected chi connectivity index (χ0v) is 10.2. The Morgan fingerprint density at radius 2 is 2.16 bits per heavy atom. The second-order valence-electron chi connectivity index (χ2n) is 3.95. The molecule has 0 amide bonds. The van der Waals surface area contributed by atoms with Gasteiger partial charge in [0, 0.05) is 5.69 Å². The van der Waals surface area contributed by atoms with E-state index < -0.39 is 5.97 Å². The molecule has 0 aliphatic carbocycles. The third-order valence-electron chi connectivity index (χ3n) is 2.58. The van der Waals surface area contributed by atoms with Gasteiger partial charge < -0.3 is 10.4 Å². The Morgan fingerprint density at radius 3 is 2.79 bits per heavy atom. The standard InChI is InChI=1S/C14H11N3O2/c1-9-12(14(18)19)5-6-13(16-9)17-11-4-2-3-10(7-11)8-15/h2-7H,1H3,(H,16,17)(H,18,19). The number of carbonyl (C=O) groups is 1. The number of benzene rings is 1. The SMILES string of the molecule is Cc1nc(Nc2cccc(C#N)c2)ccc1C(=O)O. The molecule has 5 heteroatoms. The molecule has 2 rings (SSSR count). The van der Waals surface area contributed by atoms with Gasteiger partial charge in [-0.05, 0) is 37.3 Å². The first kappa shape index (κ1) is 12.6. The molecule has 0 spiro atoms. The van der Waals surface area contributed by atoms with Crippen molar-refractivity contribution < 1.29 is 9.90 Å². The van der Waals surface area contributed by atoms with Crippen LogP contribution in [0.5, 0.6) is 0 Å². The van der Waals surface area contributed by atoms with Crippen LogP contribution in [-0.4, -0.2) is 16.1 Å². The highest BCUT2D eigenvalue weighted by atomic mass is 16.4. The van der Waals surface area contributed by atoms with Gasteiger partial charge >= 0.3 is 5.97 Å². The lowest BCUT2D eigenvalue weighted by atomic mass is 10.2. The number of hydrogen-bond donors (Lipinski definition) is 2. The molecule has 0 aliphatic heterocycles. The number of nitrogens with zero attached hydrogens (tertiary/aromatic N) is 2. The maximum absolute atomic E-state index is 10.9. The van der Waals surface area contributed by atoms with Gasteiger partial charge in [0.05, 0.1) is 22.9 Å². The lowest BCUT2D eigenvalue weighted by Crippen LogP contribution is -2.03. The van der Waals surface area contributed by atoms with Crippen molar-refractivity contribution in [3.63, 3.8) is 0 Å². The number of carboxylic acid groups (broad SMARTS) is 1. The molecular formula is C14H11N3O2. The molecule has 0 radical (unpaired) electrons. The topological polar surface area (TPSA) is 86.0 Å². The average Bonchev–Trinajstić information content (AvgIpc) is 2.38. The van der Waals surface area contributed by atoms with Crippen molar-refractivity contribution >= 4 is 17.5 Å². The minimum absolute atomic E-state index is 0.177. The van der Waals surface area contributed by atoms with Gasteiger partial charge in [-0.2, -0.15) is 5.26 Å². The molecule has 94 valence electrons. The lowest BCUT2D eigenvalue weighted by molar-refractivity contribution is 0.0695. The monoisotopic (exact) mass is 253 g/mol. The number of aryl methyl sites for hydroxylation is 1. The Kier molecular flexibility index (Phi) is 3.44. The molecule has 5 nitrogen and oxygen atoms in total. The van der Waals surface area contributed by atoms with Crippen LogP contribution >= 0.6 is 0 Å². The summed E-state index contributed by atoms with van der Waals surface area (Å²) in [4.78, 5) is 15.0. The number of pyridine rings is 1. The van der Waals surface area contributed by atoms with Crippen molar-refractivity contribution in [1.29, 1.82) is 5.26 Å². The van der Waals surface area contributed by atoms with E-state index in [0.29, 0.717) is 17.1 Å². The third kappa shape index (κ3) is 2.87. The zero-order valence-electron chi connectivity index (χ0n) is 10.2. The fourth-order valence-corrected chi connectivity index (χ4v) is 1.67. The van der Waals surface area contributed by atoms with Gasteiger partial charge in [-0.3, -0.25) is 0 Å². The van der Waals surface area contributed by atoms with E-state index in [1.807, 2.05) is 6.07 Å². The molecule has 0 bridgehead atoms. The summed E-state index contributed by atoms with van der Waals surface area (Å²) < 4.78 is 0. The van der Waals surface area contributed by atoms with Crippen molar-refractivity contribution in [3.05, 3.63) is 53.2 Å². The van der Waals surface area contributed by atoms with Crippen molar-refractivity contribution in [3.8, 4) is 6.07 Å². The number of aromatic carboxylic acids is 1. The lowest BCUT2D eigenvalue weighted by Gasteiger charge is -2.07. The summed E-state index contributed by atoms with van der Waals surface area (Å²) in [5, 5.41) is 20.8. The van der Waals surface area contributed by atoms with Gasteiger partial charge in [0.25, 0.3) is 0 Å². The zero-order chi connectivity index (χ0) is 13.8. The average molecular weight is 253 g/mol. The summed E-state index contributed by atoms with van der Waals surface area (Å²) in [5.41, 5.74) is 1.89. The van der Waals surface area contributed by atoms with Gasteiger partial charge in [-0.1, -0.05) is 6.07 Å². The van der Waals surface area contributed by atoms with E-state index in [-0.39, 0.29) is 5.56 Å². The second kappa shape index (κ2) is 5.19. The number of hydrogen-bond acceptors (Lipinski definition) is 4. The molecule has 1 heterocycles. The van der Waals surface area contributed by atoms with E-state index >= 15 is 0 Å². The highest BCUT2D eigenvalue weighted by Crippen LogP contribution is 2.17.